The molecule has 0 saturated heterocycles. The molecule has 398 valence electrons. The molecule has 0 bridgehead atoms. The third kappa shape index (κ3) is 13.5. The van der Waals surface area contributed by atoms with Crippen LogP contribution in [0.15, 0.2) is 175 Å². The predicted molar refractivity (Wildman–Crippen MR) is 292 cm³/mol. The van der Waals surface area contributed by atoms with Crippen LogP contribution in [-0.4, -0.2) is 95.6 Å². The SMILES string of the molecule is Cc1cc(OCCCC(=O)NCCNC(=O)OCc2ccccc2)cc(C)c1S(=O)(=O)N[C@@H](CNC(=O)c1ccc2c(cnn2CCCNc2nccn2C(c2ccccc2)(c2ccccc2)c2ccccc2)c1)C(=O)O. The van der Waals surface area contributed by atoms with E-state index in [1.807, 2.05) is 95.8 Å². The average Bonchev–Trinajstić information content (AvgIpc) is 4.11. The number of carbonyl (C=O) groups is 4. The Bertz CT molecular complexity index is 3270. The zero-order chi connectivity index (χ0) is 54.2. The summed E-state index contributed by atoms with van der Waals surface area (Å²) in [7, 11) is -4.40. The number of hydrogen-bond donors (Lipinski definition) is 6. The molecule has 6 aromatic carbocycles. The number of anilines is 1. The van der Waals surface area contributed by atoms with Gasteiger partial charge in [-0.2, -0.15) is 9.82 Å². The summed E-state index contributed by atoms with van der Waals surface area (Å²) in [6.45, 7) is 4.40. The number of aromatic nitrogens is 4. The molecule has 0 radical (unpaired) electrons. The van der Waals surface area contributed by atoms with Gasteiger partial charge >= 0.3 is 12.1 Å². The van der Waals surface area contributed by atoms with Gasteiger partial charge in [-0.05, 0) is 90.4 Å². The van der Waals surface area contributed by atoms with Crippen LogP contribution in [0.3, 0.4) is 0 Å². The van der Waals surface area contributed by atoms with Crippen LogP contribution in [0.25, 0.3) is 10.9 Å². The summed E-state index contributed by atoms with van der Waals surface area (Å²) in [5.74, 6) is -1.25. The maximum absolute atomic E-state index is 13.7. The Hall–Kier alpha value is -8.81. The number of ether oxygens (including phenoxy) is 2. The smallest absolute Gasteiger partial charge is 0.407 e. The van der Waals surface area contributed by atoms with Crippen molar-refractivity contribution in [3.05, 3.63) is 209 Å². The number of sulfonamides is 1. The maximum atomic E-state index is 13.7. The lowest BCUT2D eigenvalue weighted by Crippen LogP contribution is -2.48. The molecule has 8 rings (SSSR count). The number of nitrogens with one attached hydrogen (secondary N) is 5. The number of imidazole rings is 1. The number of benzene rings is 6. The van der Waals surface area contributed by atoms with Gasteiger partial charge in [0.1, 0.15) is 23.9 Å². The van der Waals surface area contributed by atoms with Crippen LogP contribution in [0.4, 0.5) is 10.7 Å². The zero-order valence-corrected chi connectivity index (χ0v) is 43.5. The van der Waals surface area contributed by atoms with Gasteiger partial charge in [-0.1, -0.05) is 121 Å². The second-order valence-electron chi connectivity index (χ2n) is 18.2. The van der Waals surface area contributed by atoms with Crippen molar-refractivity contribution in [2.45, 2.75) is 62.7 Å². The maximum Gasteiger partial charge on any atom is 0.407 e. The van der Waals surface area contributed by atoms with Gasteiger partial charge in [0.25, 0.3) is 5.91 Å². The lowest BCUT2D eigenvalue weighted by molar-refractivity contribution is -0.138. The standard InChI is InChI=1S/C58H61N9O9S/c1-41-35-49(75-34-15-25-52(68)59-29-30-62-57(72)76-40-43-17-7-3-8-18-43)36-42(2)53(41)77(73,74)65-50(55(70)71)39-63-54(69)44-26-27-51-45(37-44)38-64-67(51)32-16-28-60-56-61-31-33-66(56)58(46-19-9-4-10-20-46,47-21-11-5-12-22-47)48-23-13-6-14-24-48/h3-14,17-24,26-27,31,33,35-38,50,65H,15-16,25,28-30,32,34,39-40H2,1-2H3,(H,59,68)(H,60,61)(H,62,72)(H,63,69)(H,70,71)/t50-/m0/s1. The summed E-state index contributed by atoms with van der Waals surface area (Å²) >= 11 is 0. The first kappa shape index (κ1) is 54.5. The van der Waals surface area contributed by atoms with Crippen molar-refractivity contribution in [2.75, 3.05) is 38.1 Å². The van der Waals surface area contributed by atoms with E-state index in [-0.39, 0.29) is 49.1 Å². The lowest BCUT2D eigenvalue weighted by Gasteiger charge is -2.38. The van der Waals surface area contributed by atoms with Crippen LogP contribution >= 0.6 is 0 Å². The van der Waals surface area contributed by atoms with Crippen molar-refractivity contribution < 1.29 is 42.2 Å². The van der Waals surface area contributed by atoms with Gasteiger partial charge in [0, 0.05) is 62.5 Å². The minimum atomic E-state index is -4.40. The van der Waals surface area contributed by atoms with E-state index < -0.39 is 46.1 Å². The third-order valence-electron chi connectivity index (χ3n) is 12.8. The van der Waals surface area contributed by atoms with Gasteiger partial charge in [0.15, 0.2) is 0 Å². The fourth-order valence-corrected chi connectivity index (χ4v) is 10.9. The van der Waals surface area contributed by atoms with Crippen LogP contribution in [0.1, 0.15) is 63.0 Å². The molecule has 0 fully saturated rings. The van der Waals surface area contributed by atoms with Gasteiger partial charge in [-0.15, -0.1) is 0 Å². The van der Waals surface area contributed by atoms with E-state index in [0.29, 0.717) is 54.1 Å². The first-order valence-corrected chi connectivity index (χ1v) is 26.7. The van der Waals surface area contributed by atoms with Gasteiger partial charge in [0.05, 0.1) is 23.2 Å². The van der Waals surface area contributed by atoms with Crippen molar-refractivity contribution in [3.8, 4) is 5.75 Å². The predicted octanol–water partition coefficient (Wildman–Crippen LogP) is 7.56. The second-order valence-corrected chi connectivity index (χ2v) is 19.9. The topological polar surface area (TPSA) is 237 Å². The molecule has 77 heavy (non-hydrogen) atoms. The number of alkyl carbamates (subject to hydrolysis) is 1. The second kappa shape index (κ2) is 25.6. The number of nitrogens with zero attached hydrogens (tertiary/aromatic N) is 4. The lowest BCUT2D eigenvalue weighted by atomic mass is 9.76. The van der Waals surface area contributed by atoms with Crippen LogP contribution in [-0.2, 0) is 43.0 Å². The Morgan fingerprint density at radius 1 is 0.727 bits per heavy atom. The highest BCUT2D eigenvalue weighted by molar-refractivity contribution is 7.89. The minimum Gasteiger partial charge on any atom is -0.494 e. The number of amides is 3. The highest BCUT2D eigenvalue weighted by Gasteiger charge is 2.40. The number of aryl methyl sites for hydroxylation is 3. The van der Waals surface area contributed by atoms with E-state index in [1.54, 1.807) is 44.4 Å². The van der Waals surface area contributed by atoms with Crippen molar-refractivity contribution >= 4 is 50.8 Å². The summed E-state index contributed by atoms with van der Waals surface area (Å²) < 4.78 is 44.6. The normalized spacial score (nSPS) is 11.9. The quantitative estimate of drug-likeness (QED) is 0.0228. The number of carbonyl (C=O) groups excluding carboxylic acids is 3. The number of fused-ring (bicyclic) bond motifs is 1. The summed E-state index contributed by atoms with van der Waals surface area (Å²) in [6, 6.07) is 46.8. The molecule has 3 amide bonds. The molecule has 0 saturated carbocycles. The fraction of sp³-hybridized carbons (Fsp3) is 0.241. The van der Waals surface area contributed by atoms with Crippen molar-refractivity contribution in [1.29, 1.82) is 0 Å². The number of carboxylic acids is 1. The van der Waals surface area contributed by atoms with Gasteiger partial charge < -0.3 is 35.8 Å². The highest BCUT2D eigenvalue weighted by Crippen LogP contribution is 2.42. The van der Waals surface area contributed by atoms with Gasteiger partial charge in [-0.3, -0.25) is 23.6 Å². The van der Waals surface area contributed by atoms with Crippen molar-refractivity contribution in [1.82, 2.24) is 40.0 Å². The van der Waals surface area contributed by atoms with Crippen LogP contribution in [0.5, 0.6) is 5.75 Å². The molecule has 0 aliphatic carbocycles. The van der Waals surface area contributed by atoms with E-state index in [4.69, 9.17) is 14.5 Å². The fourth-order valence-electron chi connectivity index (χ4n) is 9.29. The summed E-state index contributed by atoms with van der Waals surface area (Å²) in [4.78, 5) is 54.7. The number of rotatable bonds is 26. The largest absolute Gasteiger partial charge is 0.494 e. The summed E-state index contributed by atoms with van der Waals surface area (Å²) in [5.41, 5.74) is 5.01. The van der Waals surface area contributed by atoms with E-state index in [0.717, 1.165) is 27.8 Å². The molecule has 0 aliphatic heterocycles. The summed E-state index contributed by atoms with van der Waals surface area (Å²) in [5, 5.41) is 26.8. The highest BCUT2D eigenvalue weighted by atomic mass is 32.2. The molecule has 2 aromatic heterocycles. The first-order valence-electron chi connectivity index (χ1n) is 25.2. The molecule has 1 atom stereocenters. The monoisotopic (exact) mass is 1060 g/mol. The van der Waals surface area contributed by atoms with Crippen LogP contribution in [0, 0.1) is 13.8 Å². The molecule has 18 nitrogen and oxygen atoms in total. The molecule has 0 unspecified atom stereocenters. The van der Waals surface area contributed by atoms with Crippen LogP contribution in [0.2, 0.25) is 0 Å². The Morgan fingerprint density at radius 3 is 1.96 bits per heavy atom. The third-order valence-corrected chi connectivity index (χ3v) is 14.6. The Labute approximate surface area is 446 Å². The Kier molecular flexibility index (Phi) is 18.1. The molecule has 6 N–H and O–H groups in total. The molecule has 19 heteroatoms. The first-order chi connectivity index (χ1) is 37.3. The molecule has 0 aliphatic rings. The van der Waals surface area contributed by atoms with E-state index in [9.17, 15) is 32.7 Å². The van der Waals surface area contributed by atoms with E-state index >= 15 is 0 Å². The van der Waals surface area contributed by atoms with Gasteiger partial charge in [-0.25, -0.2) is 18.2 Å². The number of hydrogen-bond acceptors (Lipinski definition) is 11. The summed E-state index contributed by atoms with van der Waals surface area (Å²) in [6.07, 6.45) is 6.07. The molecule has 0 spiro atoms. The Balaban J connectivity index is 0.805. The van der Waals surface area contributed by atoms with E-state index in [1.165, 1.54) is 12.1 Å². The molecular formula is C58H61N9O9S. The molecule has 2 heterocycles. The van der Waals surface area contributed by atoms with Crippen LogP contribution < -0.4 is 30.7 Å². The average molecular weight is 1060 g/mol. The molecule has 8 aromatic rings. The van der Waals surface area contributed by atoms with Gasteiger partial charge in [0.2, 0.25) is 21.9 Å². The van der Waals surface area contributed by atoms with E-state index in [2.05, 4.69) is 72.1 Å². The van der Waals surface area contributed by atoms with Crippen molar-refractivity contribution in [3.63, 3.8) is 0 Å². The number of aliphatic carboxylic acids is 1. The molecular weight excluding hydrogens is 999 g/mol. The van der Waals surface area contributed by atoms with Crippen molar-refractivity contribution in [2.24, 2.45) is 0 Å². The Morgan fingerprint density at radius 2 is 1.34 bits per heavy atom. The zero-order valence-electron chi connectivity index (χ0n) is 42.7. The number of carboxylic acid groups (broad SMARTS) is 1. The minimum absolute atomic E-state index is 0.125.